The average Bonchev–Trinajstić information content (AvgIpc) is 3.27. The van der Waals surface area contributed by atoms with Crippen LogP contribution in [0.3, 0.4) is 0 Å². The maximum Gasteiger partial charge on any atom is 0.255 e. The molecule has 6 nitrogen and oxygen atoms in total. The highest BCUT2D eigenvalue weighted by Gasteiger charge is 2.19. The van der Waals surface area contributed by atoms with Crippen molar-refractivity contribution in [3.05, 3.63) is 53.7 Å². The Morgan fingerprint density at radius 3 is 2.34 bits per heavy atom. The Balaban J connectivity index is 1.51. The van der Waals surface area contributed by atoms with E-state index in [4.69, 9.17) is 0 Å². The van der Waals surface area contributed by atoms with Crippen LogP contribution in [0.2, 0.25) is 0 Å². The number of hydrogen-bond acceptors (Lipinski definition) is 5. The van der Waals surface area contributed by atoms with E-state index in [9.17, 15) is 14.4 Å². The minimum Gasteiger partial charge on any atom is -0.339 e. The second-order valence-corrected chi connectivity index (χ2v) is 7.97. The summed E-state index contributed by atoms with van der Waals surface area (Å²) in [6.07, 6.45) is 4.97. The molecule has 1 fully saturated rings. The molecule has 0 saturated carbocycles. The van der Waals surface area contributed by atoms with Gasteiger partial charge in [-0.15, -0.1) is 0 Å². The molecular weight excluding hydrogens is 386 g/mol. The van der Waals surface area contributed by atoms with Gasteiger partial charge in [-0.1, -0.05) is 18.7 Å². The number of anilines is 1. The molecule has 3 rings (SSSR count). The van der Waals surface area contributed by atoms with Crippen LogP contribution in [0.5, 0.6) is 0 Å². The Kier molecular flexibility index (Phi) is 7.41. The minimum atomic E-state index is -0.0279. The van der Waals surface area contributed by atoms with Gasteiger partial charge in [0.25, 0.3) is 5.91 Å². The highest BCUT2D eigenvalue weighted by molar-refractivity contribution is 7.99. The molecule has 2 heterocycles. The predicted molar refractivity (Wildman–Crippen MR) is 114 cm³/mol. The monoisotopic (exact) mass is 411 g/mol. The molecule has 29 heavy (non-hydrogen) atoms. The summed E-state index contributed by atoms with van der Waals surface area (Å²) in [5.74, 6) is 0.239. The van der Waals surface area contributed by atoms with E-state index in [0.29, 0.717) is 28.3 Å². The van der Waals surface area contributed by atoms with E-state index < -0.39 is 0 Å². The van der Waals surface area contributed by atoms with Crippen molar-refractivity contribution in [2.75, 3.05) is 24.2 Å². The molecule has 1 aromatic carbocycles. The molecule has 1 N–H and O–H groups in total. The van der Waals surface area contributed by atoms with Crippen LogP contribution in [0.4, 0.5) is 5.69 Å². The summed E-state index contributed by atoms with van der Waals surface area (Å²) in [5, 5.41) is 3.51. The number of nitrogens with zero attached hydrogens (tertiary/aromatic N) is 2. The first kappa shape index (κ1) is 21.0. The topological polar surface area (TPSA) is 79.4 Å². The van der Waals surface area contributed by atoms with Crippen LogP contribution in [0.15, 0.2) is 47.6 Å². The number of aromatic nitrogens is 1. The van der Waals surface area contributed by atoms with Crippen molar-refractivity contribution in [1.82, 2.24) is 9.88 Å². The van der Waals surface area contributed by atoms with Crippen molar-refractivity contribution >= 4 is 35.0 Å². The summed E-state index contributed by atoms with van der Waals surface area (Å²) in [6.45, 7) is 3.57. The van der Waals surface area contributed by atoms with Gasteiger partial charge in [-0.3, -0.25) is 14.4 Å². The van der Waals surface area contributed by atoms with E-state index in [-0.39, 0.29) is 23.4 Å². The lowest BCUT2D eigenvalue weighted by Crippen LogP contribution is -2.27. The van der Waals surface area contributed by atoms with Gasteiger partial charge in [-0.2, -0.15) is 0 Å². The molecule has 1 aromatic heterocycles. The molecule has 0 unspecified atom stereocenters. The van der Waals surface area contributed by atoms with Gasteiger partial charge in [0.05, 0.1) is 16.3 Å². The third-order valence-corrected chi connectivity index (χ3v) is 5.64. The van der Waals surface area contributed by atoms with Crippen molar-refractivity contribution in [2.24, 2.45) is 0 Å². The lowest BCUT2D eigenvalue weighted by atomic mass is 10.1. The molecule has 1 aliphatic rings. The van der Waals surface area contributed by atoms with Crippen LogP contribution in [-0.4, -0.2) is 46.3 Å². The molecule has 0 aliphatic carbocycles. The number of rotatable bonds is 8. The molecule has 0 bridgehead atoms. The third-order valence-electron chi connectivity index (χ3n) is 4.70. The van der Waals surface area contributed by atoms with Crippen molar-refractivity contribution in [1.29, 1.82) is 0 Å². The fourth-order valence-electron chi connectivity index (χ4n) is 3.11. The van der Waals surface area contributed by atoms with Gasteiger partial charge in [0, 0.05) is 37.0 Å². The lowest BCUT2D eigenvalue weighted by Gasteiger charge is -2.14. The zero-order valence-corrected chi connectivity index (χ0v) is 17.3. The van der Waals surface area contributed by atoms with Crippen molar-refractivity contribution in [3.63, 3.8) is 0 Å². The molecule has 0 spiro atoms. The van der Waals surface area contributed by atoms with E-state index in [1.807, 2.05) is 11.8 Å². The number of benzene rings is 1. The van der Waals surface area contributed by atoms with E-state index in [2.05, 4.69) is 10.3 Å². The van der Waals surface area contributed by atoms with Crippen LogP contribution < -0.4 is 5.32 Å². The zero-order valence-electron chi connectivity index (χ0n) is 16.5. The summed E-state index contributed by atoms with van der Waals surface area (Å²) < 4.78 is 0. The Morgan fingerprint density at radius 1 is 1.03 bits per heavy atom. The smallest absolute Gasteiger partial charge is 0.255 e. The first-order valence-electron chi connectivity index (χ1n) is 9.88. The van der Waals surface area contributed by atoms with Gasteiger partial charge < -0.3 is 10.2 Å². The summed E-state index contributed by atoms with van der Waals surface area (Å²) in [5.41, 5.74) is 1.86. The van der Waals surface area contributed by atoms with Crippen molar-refractivity contribution in [2.45, 2.75) is 37.6 Å². The second-order valence-electron chi connectivity index (χ2n) is 6.97. The number of amides is 2. The Morgan fingerprint density at radius 2 is 1.72 bits per heavy atom. The summed E-state index contributed by atoms with van der Waals surface area (Å²) >= 11 is 1.34. The lowest BCUT2D eigenvalue weighted by molar-refractivity contribution is -0.116. The summed E-state index contributed by atoms with van der Waals surface area (Å²) in [6, 6.07) is 10.5. The molecular formula is C22H25N3O3S. The van der Waals surface area contributed by atoms with Gasteiger partial charge in [0.2, 0.25) is 5.91 Å². The number of carbonyl (C=O) groups excluding carboxylic acids is 3. The van der Waals surface area contributed by atoms with Gasteiger partial charge in [0.1, 0.15) is 0 Å². The summed E-state index contributed by atoms with van der Waals surface area (Å²) in [7, 11) is 0. The molecule has 1 saturated heterocycles. The molecule has 0 radical (unpaired) electrons. The maximum absolute atomic E-state index is 12.4. The molecule has 0 atom stereocenters. The number of thioether (sulfide) groups is 1. The zero-order chi connectivity index (χ0) is 20.6. The molecule has 1 aliphatic heterocycles. The number of likely N-dealkylation sites (tertiary alicyclic amines) is 1. The van der Waals surface area contributed by atoms with Crippen molar-refractivity contribution < 1.29 is 14.4 Å². The fraction of sp³-hybridized carbons (Fsp3) is 0.364. The number of hydrogen-bond donors (Lipinski definition) is 1. The standard InChI is InChI=1S/C22H25N3O3S/c1-2-5-20(27)24-18-9-6-16(7-10-18)19(26)15-29-21-11-8-17(14-23-21)22(28)25-12-3-4-13-25/h6-11,14H,2-5,12-13,15H2,1H3,(H,24,27). The number of Topliss-reactive ketones (excluding diaryl/α,β-unsaturated/α-hetero) is 1. The first-order chi connectivity index (χ1) is 14.1. The minimum absolute atomic E-state index is 0.0135. The largest absolute Gasteiger partial charge is 0.339 e. The number of carbonyl (C=O) groups is 3. The van der Waals surface area contributed by atoms with Gasteiger partial charge in [-0.25, -0.2) is 4.98 Å². The van der Waals surface area contributed by atoms with Crippen LogP contribution in [0, 0.1) is 0 Å². The van der Waals surface area contributed by atoms with Crippen LogP contribution >= 0.6 is 11.8 Å². The molecule has 2 aromatic rings. The van der Waals surface area contributed by atoms with Gasteiger partial charge in [0.15, 0.2) is 5.78 Å². The van der Waals surface area contributed by atoms with Crippen LogP contribution in [-0.2, 0) is 4.79 Å². The Labute approximate surface area is 175 Å². The highest BCUT2D eigenvalue weighted by Crippen LogP contribution is 2.20. The number of ketones is 1. The van der Waals surface area contributed by atoms with Crippen molar-refractivity contribution in [3.8, 4) is 0 Å². The number of pyridine rings is 1. The van der Waals surface area contributed by atoms with E-state index in [1.54, 1.807) is 42.6 Å². The van der Waals surface area contributed by atoms with Crippen LogP contribution in [0.1, 0.15) is 53.3 Å². The maximum atomic E-state index is 12.4. The SMILES string of the molecule is CCCC(=O)Nc1ccc(C(=O)CSc2ccc(C(=O)N3CCCC3)cn2)cc1. The Bertz CT molecular complexity index is 860. The van der Waals surface area contributed by atoms with E-state index >= 15 is 0 Å². The summed E-state index contributed by atoms with van der Waals surface area (Å²) in [4.78, 5) is 42.5. The highest BCUT2D eigenvalue weighted by atomic mass is 32.2. The van der Waals surface area contributed by atoms with E-state index in [0.717, 1.165) is 32.4 Å². The average molecular weight is 412 g/mol. The molecule has 2 amide bonds. The normalized spacial score (nSPS) is 13.3. The first-order valence-corrected chi connectivity index (χ1v) is 10.9. The predicted octanol–water partition coefficient (Wildman–Crippen LogP) is 4.03. The third kappa shape index (κ3) is 5.90. The van der Waals surface area contributed by atoms with Gasteiger partial charge in [-0.05, 0) is 55.7 Å². The van der Waals surface area contributed by atoms with Gasteiger partial charge >= 0.3 is 0 Å². The molecule has 7 heteroatoms. The fourth-order valence-corrected chi connectivity index (χ4v) is 3.84. The number of nitrogens with one attached hydrogen (secondary N) is 1. The van der Waals surface area contributed by atoms with Crippen LogP contribution in [0.25, 0.3) is 0 Å². The van der Waals surface area contributed by atoms with E-state index in [1.165, 1.54) is 11.8 Å². The second kappa shape index (κ2) is 10.2. The molecule has 152 valence electrons. The Hall–Kier alpha value is -2.67. The quantitative estimate of drug-likeness (QED) is 0.524.